The minimum absolute atomic E-state index is 0.111. The van der Waals surface area contributed by atoms with Gasteiger partial charge in [-0.15, -0.1) is 0 Å². The van der Waals surface area contributed by atoms with Crippen LogP contribution in [0.2, 0.25) is 5.15 Å². The molecule has 0 aromatic carbocycles. The van der Waals surface area contributed by atoms with Crippen molar-refractivity contribution in [3.8, 4) is 0 Å². The number of piperazine rings is 1. The summed E-state index contributed by atoms with van der Waals surface area (Å²) in [6, 6.07) is 1.96. The van der Waals surface area contributed by atoms with Gasteiger partial charge in [0, 0.05) is 32.7 Å². The van der Waals surface area contributed by atoms with Crippen molar-refractivity contribution in [1.29, 1.82) is 0 Å². The lowest BCUT2D eigenvalue weighted by Gasteiger charge is -2.35. The molecule has 1 saturated carbocycles. The largest absolute Gasteiger partial charge is 0.416 e. The van der Waals surface area contributed by atoms with E-state index >= 15 is 0 Å². The van der Waals surface area contributed by atoms with Gasteiger partial charge in [-0.25, -0.2) is 4.98 Å². The van der Waals surface area contributed by atoms with Crippen LogP contribution in [-0.4, -0.2) is 42.6 Å². The maximum absolute atomic E-state index is 12.8. The smallest absolute Gasteiger partial charge is 0.354 e. The first kappa shape index (κ1) is 14.9. The molecular formula is C14H17ClF3N3. The lowest BCUT2D eigenvalue weighted by atomic mass is 10.2. The molecule has 1 aliphatic carbocycles. The molecule has 0 bridgehead atoms. The van der Waals surface area contributed by atoms with Gasteiger partial charge in [0.05, 0.1) is 5.56 Å². The van der Waals surface area contributed by atoms with E-state index < -0.39 is 11.7 Å². The van der Waals surface area contributed by atoms with Gasteiger partial charge in [-0.2, -0.15) is 13.2 Å². The van der Waals surface area contributed by atoms with E-state index in [9.17, 15) is 13.2 Å². The SMILES string of the molecule is FC(F)(F)c1cc(Cl)nc(N2CCN(CC3CC3)CC2)c1. The van der Waals surface area contributed by atoms with E-state index in [-0.39, 0.29) is 5.15 Å². The number of anilines is 1. The first-order valence-electron chi connectivity index (χ1n) is 7.14. The third-order valence-corrected chi connectivity index (χ3v) is 4.21. The van der Waals surface area contributed by atoms with Crippen molar-refractivity contribution in [1.82, 2.24) is 9.88 Å². The third-order valence-electron chi connectivity index (χ3n) is 4.02. The second-order valence-electron chi connectivity index (χ2n) is 5.77. The van der Waals surface area contributed by atoms with E-state index in [4.69, 9.17) is 11.6 Å². The number of nitrogens with zero attached hydrogens (tertiary/aromatic N) is 3. The van der Waals surface area contributed by atoms with Crippen LogP contribution in [-0.2, 0) is 6.18 Å². The lowest BCUT2D eigenvalue weighted by molar-refractivity contribution is -0.137. The fraction of sp³-hybridized carbons (Fsp3) is 0.643. The number of alkyl halides is 3. The van der Waals surface area contributed by atoms with Crippen LogP contribution in [0.15, 0.2) is 12.1 Å². The fourth-order valence-corrected chi connectivity index (χ4v) is 2.84. The monoisotopic (exact) mass is 319 g/mol. The molecule has 0 radical (unpaired) electrons. The molecule has 2 aliphatic rings. The summed E-state index contributed by atoms with van der Waals surface area (Å²) in [5.74, 6) is 1.15. The van der Waals surface area contributed by atoms with Crippen molar-refractivity contribution in [3.63, 3.8) is 0 Å². The Kier molecular flexibility index (Phi) is 4.01. The molecule has 1 aromatic heterocycles. The second kappa shape index (κ2) is 5.65. The van der Waals surface area contributed by atoms with Gasteiger partial charge in [-0.05, 0) is 30.9 Å². The summed E-state index contributed by atoms with van der Waals surface area (Å²) in [7, 11) is 0. The van der Waals surface area contributed by atoms with E-state index in [1.807, 2.05) is 4.90 Å². The van der Waals surface area contributed by atoms with Gasteiger partial charge in [0.1, 0.15) is 11.0 Å². The molecule has 21 heavy (non-hydrogen) atoms. The van der Waals surface area contributed by atoms with Crippen LogP contribution in [0.4, 0.5) is 19.0 Å². The highest BCUT2D eigenvalue weighted by Gasteiger charge is 2.32. The predicted octanol–water partition coefficient (Wildman–Crippen LogP) is 3.29. The quantitative estimate of drug-likeness (QED) is 0.797. The van der Waals surface area contributed by atoms with Crippen molar-refractivity contribution in [2.24, 2.45) is 5.92 Å². The Hall–Kier alpha value is -1.01. The summed E-state index contributed by atoms with van der Waals surface area (Å²) in [5, 5.41) is -0.111. The van der Waals surface area contributed by atoms with E-state index in [0.29, 0.717) is 18.9 Å². The fourth-order valence-electron chi connectivity index (χ4n) is 2.63. The standard InChI is InChI=1S/C14H17ClF3N3/c15-12-7-11(14(16,17)18)8-13(19-12)21-5-3-20(4-6-21)9-10-1-2-10/h7-8,10H,1-6,9H2. The average molecular weight is 320 g/mol. The zero-order chi connectivity index (χ0) is 15.0. The summed E-state index contributed by atoms with van der Waals surface area (Å²) in [6.07, 6.45) is -1.77. The molecule has 1 aromatic rings. The molecule has 0 amide bonds. The first-order chi connectivity index (χ1) is 9.91. The Morgan fingerprint density at radius 3 is 2.38 bits per heavy atom. The van der Waals surface area contributed by atoms with Crippen molar-refractivity contribution in [3.05, 3.63) is 22.8 Å². The Labute approximate surface area is 126 Å². The molecule has 0 spiro atoms. The second-order valence-corrected chi connectivity index (χ2v) is 6.15. The Morgan fingerprint density at radius 2 is 1.81 bits per heavy atom. The summed E-state index contributed by atoms with van der Waals surface area (Å²) in [5.41, 5.74) is -0.738. The molecule has 3 rings (SSSR count). The number of pyridine rings is 1. The first-order valence-corrected chi connectivity index (χ1v) is 7.52. The zero-order valence-electron chi connectivity index (χ0n) is 11.5. The molecular weight excluding hydrogens is 303 g/mol. The lowest BCUT2D eigenvalue weighted by Crippen LogP contribution is -2.47. The molecule has 3 nitrogen and oxygen atoms in total. The molecule has 116 valence electrons. The number of rotatable bonds is 3. The topological polar surface area (TPSA) is 19.4 Å². The van der Waals surface area contributed by atoms with Crippen LogP contribution >= 0.6 is 11.6 Å². The molecule has 0 unspecified atom stereocenters. The van der Waals surface area contributed by atoms with Crippen LogP contribution < -0.4 is 4.90 Å². The van der Waals surface area contributed by atoms with Crippen LogP contribution in [0, 0.1) is 5.92 Å². The van der Waals surface area contributed by atoms with Crippen LogP contribution in [0.25, 0.3) is 0 Å². The summed E-state index contributed by atoms with van der Waals surface area (Å²) in [4.78, 5) is 8.30. The highest BCUT2D eigenvalue weighted by molar-refractivity contribution is 6.29. The molecule has 2 heterocycles. The number of hydrogen-bond donors (Lipinski definition) is 0. The molecule has 0 N–H and O–H groups in total. The van der Waals surface area contributed by atoms with Gasteiger partial charge >= 0.3 is 6.18 Å². The normalized spacial score (nSPS) is 20.9. The molecule has 2 fully saturated rings. The van der Waals surface area contributed by atoms with E-state index in [2.05, 4.69) is 9.88 Å². The maximum atomic E-state index is 12.8. The van der Waals surface area contributed by atoms with Crippen molar-refractivity contribution in [2.75, 3.05) is 37.6 Å². The van der Waals surface area contributed by atoms with Gasteiger partial charge < -0.3 is 4.90 Å². The van der Waals surface area contributed by atoms with Gasteiger partial charge in [0.25, 0.3) is 0 Å². The Balaban J connectivity index is 1.68. The molecule has 0 atom stereocenters. The Bertz CT molecular complexity index is 509. The summed E-state index contributed by atoms with van der Waals surface area (Å²) >= 11 is 5.73. The highest BCUT2D eigenvalue weighted by Crippen LogP contribution is 2.33. The van der Waals surface area contributed by atoms with E-state index in [1.165, 1.54) is 12.8 Å². The zero-order valence-corrected chi connectivity index (χ0v) is 12.3. The van der Waals surface area contributed by atoms with Gasteiger partial charge in [0.2, 0.25) is 0 Å². The van der Waals surface area contributed by atoms with E-state index in [0.717, 1.165) is 37.7 Å². The van der Waals surface area contributed by atoms with Gasteiger partial charge in [-0.1, -0.05) is 11.6 Å². The minimum atomic E-state index is -4.39. The Morgan fingerprint density at radius 1 is 1.14 bits per heavy atom. The van der Waals surface area contributed by atoms with Gasteiger partial charge in [0.15, 0.2) is 0 Å². The minimum Gasteiger partial charge on any atom is -0.354 e. The van der Waals surface area contributed by atoms with Crippen molar-refractivity contribution < 1.29 is 13.2 Å². The van der Waals surface area contributed by atoms with Crippen molar-refractivity contribution >= 4 is 17.4 Å². The molecule has 1 saturated heterocycles. The summed E-state index contributed by atoms with van der Waals surface area (Å²) < 4.78 is 38.4. The average Bonchev–Trinajstić information content (AvgIpc) is 3.22. The van der Waals surface area contributed by atoms with E-state index in [1.54, 1.807) is 0 Å². The van der Waals surface area contributed by atoms with Gasteiger partial charge in [-0.3, -0.25) is 4.90 Å². The van der Waals surface area contributed by atoms with Crippen molar-refractivity contribution in [2.45, 2.75) is 19.0 Å². The van der Waals surface area contributed by atoms with Crippen LogP contribution in [0.1, 0.15) is 18.4 Å². The maximum Gasteiger partial charge on any atom is 0.416 e. The number of halogens is 4. The number of hydrogen-bond acceptors (Lipinski definition) is 3. The molecule has 1 aliphatic heterocycles. The predicted molar refractivity (Wildman–Crippen MR) is 75.6 cm³/mol. The summed E-state index contributed by atoms with van der Waals surface area (Å²) in [6.45, 7) is 4.23. The van der Waals surface area contributed by atoms with Crippen LogP contribution in [0.3, 0.4) is 0 Å². The molecule has 7 heteroatoms. The highest BCUT2D eigenvalue weighted by atomic mass is 35.5. The number of aromatic nitrogens is 1. The third kappa shape index (κ3) is 3.80. The van der Waals surface area contributed by atoms with Crippen LogP contribution in [0.5, 0.6) is 0 Å².